The van der Waals surface area contributed by atoms with Crippen LogP contribution in [0, 0.1) is 17.9 Å². The van der Waals surface area contributed by atoms with Crippen LogP contribution in [0.1, 0.15) is 11.1 Å². The third kappa shape index (κ3) is 6.62. The molecule has 78 heavy (non-hydrogen) atoms. The van der Waals surface area contributed by atoms with Crippen LogP contribution in [0.15, 0.2) is 237 Å². The molecule has 15 rings (SSSR count). The summed E-state index contributed by atoms with van der Waals surface area (Å²) in [7, 11) is 0. The van der Waals surface area contributed by atoms with E-state index in [0.717, 1.165) is 122 Å². The van der Waals surface area contributed by atoms with Gasteiger partial charge in [-0.25, -0.2) is 4.85 Å². The molecule has 9 heteroatoms. The van der Waals surface area contributed by atoms with Crippen molar-refractivity contribution in [3.63, 3.8) is 0 Å². The molecular weight excluding hydrogens is 970 g/mol. The van der Waals surface area contributed by atoms with E-state index in [1.54, 1.807) is 0 Å². The van der Waals surface area contributed by atoms with E-state index in [9.17, 15) is 18.4 Å². The molecular formula is C69H39F3N6. The maximum Gasteiger partial charge on any atom is 0.415 e. The van der Waals surface area contributed by atoms with E-state index in [2.05, 4.69) is 157 Å². The maximum absolute atomic E-state index is 14.4. The zero-order valence-corrected chi connectivity index (χ0v) is 41.3. The highest BCUT2D eigenvalue weighted by atomic mass is 19.4. The van der Waals surface area contributed by atoms with E-state index in [4.69, 9.17) is 6.57 Å². The number of rotatable bonds is 6. The Kier molecular flexibility index (Phi) is 9.75. The van der Waals surface area contributed by atoms with Crippen molar-refractivity contribution in [2.24, 2.45) is 0 Å². The molecule has 4 aromatic heterocycles. The van der Waals surface area contributed by atoms with Crippen LogP contribution in [-0.4, -0.2) is 18.3 Å². The topological polar surface area (TPSA) is 47.9 Å². The summed E-state index contributed by atoms with van der Waals surface area (Å²) in [6.45, 7) is 8.32. The first-order chi connectivity index (χ1) is 38.2. The smallest absolute Gasteiger partial charge is 0.309 e. The molecule has 0 spiro atoms. The third-order valence-electron chi connectivity index (χ3n) is 15.6. The van der Waals surface area contributed by atoms with Crippen LogP contribution in [0.2, 0.25) is 0 Å². The fourth-order valence-electron chi connectivity index (χ4n) is 12.3. The van der Waals surface area contributed by atoms with Crippen molar-refractivity contribution >= 4 is 92.9 Å². The van der Waals surface area contributed by atoms with Crippen molar-refractivity contribution in [3.8, 4) is 51.1 Å². The summed E-state index contributed by atoms with van der Waals surface area (Å²) in [6.07, 6.45) is -4.67. The van der Waals surface area contributed by atoms with E-state index < -0.39 is 11.7 Å². The minimum absolute atomic E-state index is 0.141. The summed E-state index contributed by atoms with van der Waals surface area (Å²) >= 11 is 0. The quantitative estimate of drug-likeness (QED) is 0.153. The van der Waals surface area contributed by atoms with E-state index in [-0.39, 0.29) is 5.69 Å². The van der Waals surface area contributed by atoms with Crippen LogP contribution in [0.4, 0.5) is 18.9 Å². The van der Waals surface area contributed by atoms with Crippen LogP contribution in [-0.2, 0) is 6.18 Å². The van der Waals surface area contributed by atoms with Crippen molar-refractivity contribution in [3.05, 3.63) is 259 Å². The number of halogens is 3. The van der Waals surface area contributed by atoms with Gasteiger partial charge in [0.2, 0.25) is 0 Å². The standard InChI is InChI=1S/C69H39F3N6/c1-74-59-35-43(69(70,71)72)29-31-48(59)47-32-30-46(77-62-26-14-10-22-51(62)57-37-55-49-20-8-12-24-60(49)75(65(55)39-67(57)77)44-16-4-2-5-17-44)36-53(47)54-34-42(41-73)28-33-64(54)78-63-27-15-11-23-52(63)58-38-56-50-21-9-13-25-61(50)76(66(56)40-68(58)78)45-18-6-3-7-19-45/h2-40H. The fraction of sp³-hybridized carbons (Fsp3) is 0.0145. The molecule has 0 aliphatic rings. The first-order valence-electron chi connectivity index (χ1n) is 25.6. The fourth-order valence-corrected chi connectivity index (χ4v) is 12.3. The summed E-state index contributed by atoms with van der Waals surface area (Å²) in [4.78, 5) is 3.74. The second kappa shape index (κ2) is 17.0. The predicted octanol–water partition coefficient (Wildman–Crippen LogP) is 18.9. The van der Waals surface area contributed by atoms with Gasteiger partial charge in [-0.1, -0.05) is 127 Å². The molecule has 0 saturated heterocycles. The number of alkyl halides is 3. The van der Waals surface area contributed by atoms with Crippen molar-refractivity contribution in [2.45, 2.75) is 6.18 Å². The summed E-state index contributed by atoms with van der Waals surface area (Å²) in [6, 6.07) is 80.7. The predicted molar refractivity (Wildman–Crippen MR) is 311 cm³/mol. The van der Waals surface area contributed by atoms with Gasteiger partial charge in [0.1, 0.15) is 0 Å². The highest BCUT2D eigenvalue weighted by Crippen LogP contribution is 2.48. The molecule has 11 aromatic carbocycles. The molecule has 0 radical (unpaired) electrons. The summed E-state index contributed by atoms with van der Waals surface area (Å²) < 4.78 is 52.3. The molecule has 0 N–H and O–H groups in total. The second-order valence-corrected chi connectivity index (χ2v) is 19.8. The monoisotopic (exact) mass is 1010 g/mol. The number of aromatic nitrogens is 4. The average molecular weight is 1010 g/mol. The number of fused-ring (bicyclic) bond motifs is 12. The first-order valence-corrected chi connectivity index (χ1v) is 25.6. The van der Waals surface area contributed by atoms with Gasteiger partial charge >= 0.3 is 6.18 Å². The molecule has 15 aromatic rings. The number of nitriles is 1. The molecule has 0 atom stereocenters. The van der Waals surface area contributed by atoms with Gasteiger partial charge in [-0.2, -0.15) is 18.4 Å². The van der Waals surface area contributed by atoms with Gasteiger partial charge in [-0.3, -0.25) is 0 Å². The number of nitrogens with zero attached hydrogens (tertiary/aromatic N) is 6. The number of hydrogen-bond donors (Lipinski definition) is 0. The maximum atomic E-state index is 14.4. The van der Waals surface area contributed by atoms with Crippen molar-refractivity contribution in [1.82, 2.24) is 18.3 Å². The van der Waals surface area contributed by atoms with Crippen LogP contribution in [0.3, 0.4) is 0 Å². The van der Waals surface area contributed by atoms with Crippen LogP contribution >= 0.6 is 0 Å². The first kappa shape index (κ1) is 44.8. The Hall–Kier alpha value is -10.6. The zero-order valence-electron chi connectivity index (χ0n) is 41.3. The SMILES string of the molecule is [C-]#[N+]c1cc(C(F)(F)F)ccc1-c1ccc(-n2c3ccccc3c3cc4c5ccccc5n(-c5ccccc5)c4cc32)cc1-c1cc(C#N)ccc1-n1c2ccccc2c2cc3c4ccccc4n(-c4ccccc4)c3cc21. The molecule has 0 aliphatic heterocycles. The van der Waals surface area contributed by atoms with Crippen LogP contribution in [0.25, 0.3) is 137 Å². The normalized spacial score (nSPS) is 12.0. The lowest BCUT2D eigenvalue weighted by Crippen LogP contribution is -2.04. The zero-order chi connectivity index (χ0) is 52.4. The summed E-state index contributed by atoms with van der Waals surface area (Å²) in [5.41, 5.74) is 13.0. The Morgan fingerprint density at radius 2 is 0.782 bits per heavy atom. The lowest BCUT2D eigenvalue weighted by atomic mass is 9.90. The summed E-state index contributed by atoms with van der Waals surface area (Å²) in [5.74, 6) is 0. The van der Waals surface area contributed by atoms with Crippen LogP contribution in [0.5, 0.6) is 0 Å². The van der Waals surface area contributed by atoms with Gasteiger partial charge in [-0.05, 0) is 126 Å². The molecule has 0 saturated carbocycles. The van der Waals surface area contributed by atoms with E-state index in [1.807, 2.05) is 91.0 Å². The lowest BCUT2D eigenvalue weighted by molar-refractivity contribution is -0.137. The number of benzene rings is 11. The number of para-hydroxylation sites is 6. The highest BCUT2D eigenvalue weighted by molar-refractivity contribution is 6.21. The molecule has 6 nitrogen and oxygen atoms in total. The highest BCUT2D eigenvalue weighted by Gasteiger charge is 2.32. The Morgan fingerprint density at radius 3 is 1.26 bits per heavy atom. The van der Waals surface area contributed by atoms with Gasteiger partial charge < -0.3 is 18.3 Å². The van der Waals surface area contributed by atoms with Crippen molar-refractivity contribution in [1.29, 1.82) is 5.26 Å². The Morgan fingerprint density at radius 1 is 0.346 bits per heavy atom. The van der Waals surface area contributed by atoms with E-state index in [1.165, 1.54) is 6.07 Å². The Bertz CT molecular complexity index is 5100. The van der Waals surface area contributed by atoms with Crippen molar-refractivity contribution < 1.29 is 13.2 Å². The van der Waals surface area contributed by atoms with Crippen molar-refractivity contribution in [2.75, 3.05) is 0 Å². The molecule has 0 unspecified atom stereocenters. The van der Waals surface area contributed by atoms with Gasteiger partial charge in [0, 0.05) is 71.3 Å². The molecule has 0 bridgehead atoms. The third-order valence-corrected chi connectivity index (χ3v) is 15.6. The Labute approximate surface area is 443 Å². The van der Waals surface area contributed by atoms with Crippen LogP contribution < -0.4 is 0 Å². The molecule has 366 valence electrons. The molecule has 0 fully saturated rings. The van der Waals surface area contributed by atoms with Gasteiger partial charge in [-0.15, -0.1) is 0 Å². The second-order valence-electron chi connectivity index (χ2n) is 19.8. The Balaban J connectivity index is 1.05. The van der Waals surface area contributed by atoms with E-state index in [0.29, 0.717) is 27.8 Å². The summed E-state index contributed by atoms with van der Waals surface area (Å²) in [5, 5.41) is 19.4. The van der Waals surface area contributed by atoms with Gasteiger partial charge in [0.05, 0.1) is 68.0 Å². The largest absolute Gasteiger partial charge is 0.415 e. The number of hydrogen-bond acceptors (Lipinski definition) is 1. The average Bonchev–Trinajstić information content (AvgIpc) is 4.41. The molecule has 4 heterocycles. The van der Waals surface area contributed by atoms with E-state index >= 15 is 0 Å². The minimum atomic E-state index is -4.67. The van der Waals surface area contributed by atoms with Gasteiger partial charge in [0.15, 0.2) is 5.69 Å². The lowest BCUT2D eigenvalue weighted by Gasteiger charge is -2.20. The minimum Gasteiger partial charge on any atom is -0.309 e. The van der Waals surface area contributed by atoms with Gasteiger partial charge in [0.25, 0.3) is 0 Å². The molecule has 0 aliphatic carbocycles. The molecule has 0 amide bonds.